The van der Waals surface area contributed by atoms with E-state index >= 15 is 0 Å². The Labute approximate surface area is 198 Å². The van der Waals surface area contributed by atoms with Crippen molar-refractivity contribution in [2.75, 3.05) is 7.11 Å². The molecule has 5 aliphatic rings. The molecule has 3 aliphatic carbocycles. The van der Waals surface area contributed by atoms with Crippen LogP contribution < -0.4 is 0 Å². The lowest BCUT2D eigenvalue weighted by molar-refractivity contribution is -0.190. The van der Waals surface area contributed by atoms with Gasteiger partial charge in [-0.25, -0.2) is 0 Å². The maximum Gasteiger partial charge on any atom is 0.316 e. The molecular weight excluding hydrogens is 436 g/mol. The number of methoxy groups -OCH3 is 1. The first-order valence-corrected chi connectivity index (χ1v) is 12.0. The first-order chi connectivity index (χ1) is 16.1. The Kier molecular flexibility index (Phi) is 4.31. The summed E-state index contributed by atoms with van der Waals surface area (Å²) in [5.74, 6) is -1.46. The van der Waals surface area contributed by atoms with Crippen LogP contribution in [0.15, 0.2) is 46.3 Å². The molecule has 0 unspecified atom stereocenters. The van der Waals surface area contributed by atoms with Crippen LogP contribution in [0.3, 0.4) is 0 Å². The second-order valence-corrected chi connectivity index (χ2v) is 11.2. The highest BCUT2D eigenvalue weighted by Crippen LogP contribution is 2.72. The van der Waals surface area contributed by atoms with E-state index in [-0.39, 0.29) is 36.2 Å². The van der Waals surface area contributed by atoms with Crippen molar-refractivity contribution in [2.45, 2.75) is 64.8 Å². The van der Waals surface area contributed by atoms with E-state index in [2.05, 4.69) is 13.8 Å². The predicted molar refractivity (Wildman–Crippen MR) is 119 cm³/mol. The van der Waals surface area contributed by atoms with Crippen molar-refractivity contribution in [2.24, 2.45) is 28.1 Å². The molecule has 1 aromatic heterocycles. The lowest BCUT2D eigenvalue weighted by atomic mass is 9.42. The van der Waals surface area contributed by atoms with Gasteiger partial charge in [0.25, 0.3) is 0 Å². The van der Waals surface area contributed by atoms with Crippen molar-refractivity contribution in [1.82, 2.24) is 0 Å². The Morgan fingerprint density at radius 1 is 1.21 bits per heavy atom. The van der Waals surface area contributed by atoms with Crippen molar-refractivity contribution >= 4 is 17.7 Å². The van der Waals surface area contributed by atoms with Crippen LogP contribution in [-0.4, -0.2) is 43.1 Å². The van der Waals surface area contributed by atoms with Gasteiger partial charge in [-0.05, 0) is 49.5 Å². The Hall–Kier alpha value is -2.67. The van der Waals surface area contributed by atoms with Gasteiger partial charge in [-0.1, -0.05) is 25.5 Å². The van der Waals surface area contributed by atoms with Crippen LogP contribution in [-0.2, 0) is 28.6 Å². The molecule has 3 heterocycles. The molecule has 6 rings (SSSR count). The number of carbonyl (C=O) groups excluding carboxylic acids is 3. The Morgan fingerprint density at radius 2 is 1.97 bits per heavy atom. The molecule has 0 radical (unpaired) electrons. The minimum atomic E-state index is -0.987. The maximum absolute atomic E-state index is 13.7. The summed E-state index contributed by atoms with van der Waals surface area (Å²) in [5, 5.41) is 0. The van der Waals surface area contributed by atoms with Gasteiger partial charge < -0.3 is 18.6 Å². The molecule has 3 fully saturated rings. The quantitative estimate of drug-likeness (QED) is 0.495. The third-order valence-corrected chi connectivity index (χ3v) is 9.91. The number of hydrogen-bond donors (Lipinski definition) is 0. The zero-order valence-corrected chi connectivity index (χ0v) is 20.1. The van der Waals surface area contributed by atoms with Gasteiger partial charge >= 0.3 is 11.9 Å². The Morgan fingerprint density at radius 3 is 2.65 bits per heavy atom. The average Bonchev–Trinajstić information content (AvgIpc) is 3.54. The van der Waals surface area contributed by atoms with Gasteiger partial charge in [-0.2, -0.15) is 0 Å². The molecule has 1 aromatic rings. The predicted octanol–water partition coefficient (Wildman–Crippen LogP) is 3.74. The second kappa shape index (κ2) is 6.72. The van der Waals surface area contributed by atoms with Gasteiger partial charge in [0.2, 0.25) is 0 Å². The van der Waals surface area contributed by atoms with E-state index < -0.39 is 40.3 Å². The van der Waals surface area contributed by atoms with E-state index in [0.717, 1.165) is 17.6 Å². The van der Waals surface area contributed by atoms with Crippen LogP contribution in [0.2, 0.25) is 0 Å². The summed E-state index contributed by atoms with van der Waals surface area (Å²) in [5.41, 5.74) is 0.794. The normalized spacial score (nSPS) is 46.3. The van der Waals surface area contributed by atoms with Gasteiger partial charge in [0.1, 0.15) is 12.2 Å². The number of ketones is 1. The van der Waals surface area contributed by atoms with Crippen LogP contribution >= 0.6 is 0 Å². The summed E-state index contributed by atoms with van der Waals surface area (Å²) >= 11 is 0. The molecule has 9 atom stereocenters. The number of rotatable bonds is 3. The molecule has 34 heavy (non-hydrogen) atoms. The summed E-state index contributed by atoms with van der Waals surface area (Å²) in [6.07, 6.45) is 6.29. The van der Waals surface area contributed by atoms with Crippen molar-refractivity contribution in [3.05, 3.63) is 47.5 Å². The first kappa shape index (κ1) is 21.8. The third-order valence-electron chi connectivity index (χ3n) is 9.91. The second-order valence-electron chi connectivity index (χ2n) is 11.2. The van der Waals surface area contributed by atoms with E-state index in [0.29, 0.717) is 0 Å². The SMILES string of the molecule is COC(=O)C[C@H]1[C@]2(C)C3=C(C)[C@@H](c4ccoc4)C[C@@H]3O[C@H]2[C@H]2OC(=O)[C@]3(C)C=CC(=O)[C@@]1(C)[C@H]23. The lowest BCUT2D eigenvalue weighted by Gasteiger charge is -2.59. The monoisotopic (exact) mass is 466 g/mol. The zero-order valence-electron chi connectivity index (χ0n) is 20.1. The first-order valence-electron chi connectivity index (χ1n) is 12.0. The summed E-state index contributed by atoms with van der Waals surface area (Å²) < 4.78 is 23.2. The molecule has 0 bridgehead atoms. The molecule has 2 saturated heterocycles. The smallest absolute Gasteiger partial charge is 0.316 e. The highest BCUT2D eigenvalue weighted by molar-refractivity contribution is 6.00. The van der Waals surface area contributed by atoms with Gasteiger partial charge in [-0.3, -0.25) is 14.4 Å². The molecule has 2 aliphatic heterocycles. The molecule has 180 valence electrons. The molecule has 7 heteroatoms. The van der Waals surface area contributed by atoms with E-state index in [4.69, 9.17) is 18.6 Å². The largest absolute Gasteiger partial charge is 0.472 e. The fourth-order valence-corrected chi connectivity index (χ4v) is 8.41. The molecule has 7 nitrogen and oxygen atoms in total. The van der Waals surface area contributed by atoms with Gasteiger partial charge in [-0.15, -0.1) is 0 Å². The number of furan rings is 1. The molecule has 0 amide bonds. The molecule has 0 aromatic carbocycles. The maximum atomic E-state index is 13.7. The number of ether oxygens (including phenoxy) is 3. The van der Waals surface area contributed by atoms with Gasteiger partial charge in [0, 0.05) is 22.7 Å². The number of esters is 2. The van der Waals surface area contributed by atoms with Crippen LogP contribution in [0.5, 0.6) is 0 Å². The highest BCUT2D eigenvalue weighted by atomic mass is 16.6. The fraction of sp³-hybridized carbons (Fsp3) is 0.593. The molecule has 1 saturated carbocycles. The van der Waals surface area contributed by atoms with Crippen molar-refractivity contribution in [1.29, 1.82) is 0 Å². The van der Waals surface area contributed by atoms with E-state index in [1.165, 1.54) is 18.8 Å². The van der Waals surface area contributed by atoms with E-state index in [1.807, 2.05) is 19.9 Å². The molecular formula is C27H30O7. The fourth-order valence-electron chi connectivity index (χ4n) is 8.41. The van der Waals surface area contributed by atoms with Crippen LogP contribution in [0, 0.1) is 28.1 Å². The Bertz CT molecular complexity index is 1160. The van der Waals surface area contributed by atoms with E-state index in [1.54, 1.807) is 18.6 Å². The van der Waals surface area contributed by atoms with Crippen LogP contribution in [0.1, 0.15) is 52.0 Å². The summed E-state index contributed by atoms with van der Waals surface area (Å²) in [6.45, 7) is 7.96. The average molecular weight is 467 g/mol. The van der Waals surface area contributed by atoms with E-state index in [9.17, 15) is 14.4 Å². The standard InChI is InChI=1S/C27H30O7/c1-13-15(14-7-9-32-12-14)10-16-20(13)27(4)17(11-19(29)31-5)26(3)18(28)6-8-25(2)22(26)21(23(27)33-16)34-24(25)30/h6-9,12,15-17,21-23H,10-11H2,1-5H3/t15-,16-,17+,21-,22+,23-,25+,26-,27+/m0/s1. The van der Waals surface area contributed by atoms with Crippen LogP contribution in [0.25, 0.3) is 0 Å². The number of allylic oxidation sites excluding steroid dienone is 2. The summed E-state index contributed by atoms with van der Waals surface area (Å²) in [6, 6.07) is 1.97. The van der Waals surface area contributed by atoms with Gasteiger partial charge in [0.05, 0.1) is 37.6 Å². The number of fused-ring (bicyclic) bond motifs is 4. The zero-order chi connectivity index (χ0) is 24.2. The number of carbonyl (C=O) groups is 3. The lowest BCUT2D eigenvalue weighted by Crippen LogP contribution is -2.66. The topological polar surface area (TPSA) is 92.0 Å². The summed E-state index contributed by atoms with van der Waals surface area (Å²) in [4.78, 5) is 39.6. The van der Waals surface area contributed by atoms with Crippen molar-refractivity contribution < 1.29 is 33.0 Å². The number of hydrogen-bond acceptors (Lipinski definition) is 7. The third kappa shape index (κ3) is 2.34. The van der Waals surface area contributed by atoms with Crippen molar-refractivity contribution in [3.8, 4) is 0 Å². The van der Waals surface area contributed by atoms with Crippen molar-refractivity contribution in [3.63, 3.8) is 0 Å². The molecule has 0 spiro atoms. The minimum Gasteiger partial charge on any atom is -0.472 e. The molecule has 0 N–H and O–H groups in total. The summed E-state index contributed by atoms with van der Waals surface area (Å²) in [7, 11) is 1.37. The van der Waals surface area contributed by atoms with Gasteiger partial charge in [0.15, 0.2) is 5.78 Å². The minimum absolute atomic E-state index is 0.0658. The highest BCUT2D eigenvalue weighted by Gasteiger charge is 2.77. The Balaban J connectivity index is 1.58. The van der Waals surface area contributed by atoms with Crippen LogP contribution in [0.4, 0.5) is 0 Å².